The standard InChI is InChI=1S/C21H22N4S3/c1-3-10-25-19(16-11-18(4-2)26-12-16)23-24-21(25)28-14-17-13-27-20(22-17)15-8-6-5-7-9-15/h5-9,11-13H,3-4,10,14H2,1-2H3. The van der Waals surface area contributed by atoms with Crippen LogP contribution in [-0.4, -0.2) is 19.7 Å². The van der Waals surface area contributed by atoms with E-state index in [0.29, 0.717) is 0 Å². The molecule has 0 aliphatic heterocycles. The third-order valence-electron chi connectivity index (χ3n) is 4.35. The first-order valence-corrected chi connectivity index (χ1v) is 12.2. The fourth-order valence-corrected chi connectivity index (χ4v) is 5.54. The molecule has 0 spiro atoms. The highest BCUT2D eigenvalue weighted by Gasteiger charge is 2.16. The highest BCUT2D eigenvalue weighted by atomic mass is 32.2. The van der Waals surface area contributed by atoms with Crippen molar-refractivity contribution in [2.75, 3.05) is 0 Å². The van der Waals surface area contributed by atoms with Gasteiger partial charge in [-0.1, -0.05) is 55.9 Å². The first-order chi connectivity index (χ1) is 13.8. The summed E-state index contributed by atoms with van der Waals surface area (Å²) < 4.78 is 2.25. The lowest BCUT2D eigenvalue weighted by molar-refractivity contribution is 0.626. The lowest BCUT2D eigenvalue weighted by Crippen LogP contribution is -2.01. The summed E-state index contributed by atoms with van der Waals surface area (Å²) in [5.74, 6) is 1.78. The molecule has 28 heavy (non-hydrogen) atoms. The highest BCUT2D eigenvalue weighted by Crippen LogP contribution is 2.31. The van der Waals surface area contributed by atoms with Crippen LogP contribution in [0.5, 0.6) is 0 Å². The van der Waals surface area contributed by atoms with Crippen LogP contribution in [0.4, 0.5) is 0 Å². The van der Waals surface area contributed by atoms with Gasteiger partial charge >= 0.3 is 0 Å². The SMILES string of the molecule is CCCn1c(SCc2csc(-c3ccccc3)n2)nnc1-c1csc(CC)c1. The predicted octanol–water partition coefficient (Wildman–Crippen LogP) is 6.39. The quantitative estimate of drug-likeness (QED) is 0.306. The number of thiazole rings is 1. The average Bonchev–Trinajstić information content (AvgIpc) is 3.47. The summed E-state index contributed by atoms with van der Waals surface area (Å²) >= 11 is 5.20. The molecule has 0 aliphatic carbocycles. The van der Waals surface area contributed by atoms with Crippen LogP contribution in [0.1, 0.15) is 30.8 Å². The maximum Gasteiger partial charge on any atom is 0.191 e. The van der Waals surface area contributed by atoms with E-state index in [-0.39, 0.29) is 0 Å². The minimum absolute atomic E-state index is 0.801. The van der Waals surface area contributed by atoms with Gasteiger partial charge in [-0.05, 0) is 18.9 Å². The molecule has 3 aromatic heterocycles. The molecule has 4 nitrogen and oxygen atoms in total. The first kappa shape index (κ1) is 19.4. The van der Waals surface area contributed by atoms with E-state index in [9.17, 15) is 0 Å². The number of thiophene rings is 1. The van der Waals surface area contributed by atoms with E-state index in [2.05, 4.69) is 57.6 Å². The number of benzene rings is 1. The number of rotatable bonds is 8. The Labute approximate surface area is 177 Å². The van der Waals surface area contributed by atoms with Gasteiger partial charge < -0.3 is 4.57 Å². The molecule has 0 saturated carbocycles. The van der Waals surface area contributed by atoms with Crippen molar-refractivity contribution in [3.8, 4) is 22.0 Å². The Hall–Kier alpha value is -1.96. The van der Waals surface area contributed by atoms with Crippen molar-refractivity contribution in [2.45, 2.75) is 44.1 Å². The van der Waals surface area contributed by atoms with Crippen LogP contribution in [0.2, 0.25) is 0 Å². The molecule has 0 radical (unpaired) electrons. The summed E-state index contributed by atoms with van der Waals surface area (Å²) in [4.78, 5) is 6.17. The molecule has 0 fully saturated rings. The molecule has 0 N–H and O–H groups in total. The van der Waals surface area contributed by atoms with E-state index in [4.69, 9.17) is 4.98 Å². The molecule has 144 valence electrons. The van der Waals surface area contributed by atoms with Gasteiger partial charge in [0, 0.05) is 39.1 Å². The Bertz CT molecular complexity index is 1030. The largest absolute Gasteiger partial charge is 0.302 e. The monoisotopic (exact) mass is 426 g/mol. The fraction of sp³-hybridized carbons (Fsp3) is 0.286. The zero-order chi connectivity index (χ0) is 19.3. The summed E-state index contributed by atoms with van der Waals surface area (Å²) in [6.07, 6.45) is 2.11. The van der Waals surface area contributed by atoms with Gasteiger partial charge in [0.05, 0.1) is 5.69 Å². The van der Waals surface area contributed by atoms with Crippen molar-refractivity contribution in [1.82, 2.24) is 19.7 Å². The van der Waals surface area contributed by atoms with Crippen LogP contribution in [0, 0.1) is 0 Å². The van der Waals surface area contributed by atoms with E-state index >= 15 is 0 Å². The number of nitrogens with zero attached hydrogens (tertiary/aromatic N) is 4. The third-order valence-corrected chi connectivity index (χ3v) is 7.37. The second kappa shape index (κ2) is 9.03. The van der Waals surface area contributed by atoms with Crippen LogP contribution in [0.3, 0.4) is 0 Å². The van der Waals surface area contributed by atoms with Gasteiger partial charge in [-0.25, -0.2) is 4.98 Å². The first-order valence-electron chi connectivity index (χ1n) is 9.42. The third kappa shape index (κ3) is 4.21. The smallest absolute Gasteiger partial charge is 0.191 e. The maximum absolute atomic E-state index is 4.79. The van der Waals surface area contributed by atoms with Gasteiger partial charge in [-0.2, -0.15) is 0 Å². The van der Waals surface area contributed by atoms with E-state index < -0.39 is 0 Å². The lowest BCUT2D eigenvalue weighted by atomic mass is 10.2. The van der Waals surface area contributed by atoms with Crippen molar-refractivity contribution < 1.29 is 0 Å². The van der Waals surface area contributed by atoms with Gasteiger partial charge in [0.15, 0.2) is 11.0 Å². The molecule has 0 aliphatic rings. The van der Waals surface area contributed by atoms with Crippen LogP contribution < -0.4 is 0 Å². The highest BCUT2D eigenvalue weighted by molar-refractivity contribution is 7.98. The van der Waals surface area contributed by atoms with E-state index in [0.717, 1.165) is 46.8 Å². The number of hydrogen-bond donors (Lipinski definition) is 0. The minimum Gasteiger partial charge on any atom is -0.302 e. The van der Waals surface area contributed by atoms with Crippen molar-refractivity contribution in [2.24, 2.45) is 0 Å². The second-order valence-corrected chi connectivity index (χ2v) is 9.21. The average molecular weight is 427 g/mol. The number of thioether (sulfide) groups is 1. The van der Waals surface area contributed by atoms with Crippen molar-refractivity contribution >= 4 is 34.4 Å². The second-order valence-electron chi connectivity index (χ2n) is 6.41. The number of aryl methyl sites for hydroxylation is 1. The van der Waals surface area contributed by atoms with Gasteiger partial charge in [0.1, 0.15) is 5.01 Å². The molecule has 0 unspecified atom stereocenters. The molecule has 1 aromatic carbocycles. The van der Waals surface area contributed by atoms with Crippen molar-refractivity contribution in [1.29, 1.82) is 0 Å². The van der Waals surface area contributed by atoms with Gasteiger partial charge in [0.25, 0.3) is 0 Å². The zero-order valence-corrected chi connectivity index (χ0v) is 18.4. The summed E-state index contributed by atoms with van der Waals surface area (Å²) in [6.45, 7) is 5.30. The van der Waals surface area contributed by atoms with Crippen molar-refractivity contribution in [3.63, 3.8) is 0 Å². The Balaban J connectivity index is 1.51. The normalized spacial score (nSPS) is 11.2. The van der Waals surface area contributed by atoms with Crippen LogP contribution >= 0.6 is 34.4 Å². The Morgan fingerprint density at radius 1 is 1.00 bits per heavy atom. The van der Waals surface area contributed by atoms with Crippen molar-refractivity contribution in [3.05, 3.63) is 57.7 Å². The molecule has 0 saturated heterocycles. The van der Waals surface area contributed by atoms with E-state index in [1.54, 1.807) is 34.4 Å². The summed E-state index contributed by atoms with van der Waals surface area (Å²) in [6, 6.07) is 12.6. The Morgan fingerprint density at radius 2 is 1.86 bits per heavy atom. The maximum atomic E-state index is 4.79. The molecular formula is C21H22N4S3. The fourth-order valence-electron chi connectivity index (χ4n) is 2.94. The Morgan fingerprint density at radius 3 is 2.61 bits per heavy atom. The van der Waals surface area contributed by atoms with Crippen LogP contribution in [0.15, 0.2) is 52.3 Å². The van der Waals surface area contributed by atoms with E-state index in [1.165, 1.54) is 16.0 Å². The zero-order valence-electron chi connectivity index (χ0n) is 16.0. The van der Waals surface area contributed by atoms with E-state index in [1.807, 2.05) is 18.2 Å². The molecule has 0 atom stereocenters. The summed E-state index contributed by atoms with van der Waals surface area (Å²) in [7, 11) is 0. The topological polar surface area (TPSA) is 43.6 Å². The molecule has 0 amide bonds. The molecule has 7 heteroatoms. The Kier molecular flexibility index (Phi) is 6.24. The molecule has 4 rings (SSSR count). The molecule has 4 aromatic rings. The molecular weight excluding hydrogens is 404 g/mol. The van der Waals surface area contributed by atoms with Crippen LogP contribution in [-0.2, 0) is 18.7 Å². The molecule has 3 heterocycles. The predicted molar refractivity (Wildman–Crippen MR) is 120 cm³/mol. The number of hydrogen-bond acceptors (Lipinski definition) is 6. The van der Waals surface area contributed by atoms with Gasteiger partial charge in [-0.3, -0.25) is 0 Å². The minimum atomic E-state index is 0.801. The molecule has 0 bridgehead atoms. The summed E-state index contributed by atoms with van der Waals surface area (Å²) in [5, 5.41) is 15.3. The lowest BCUT2D eigenvalue weighted by Gasteiger charge is -2.07. The van der Waals surface area contributed by atoms with Crippen LogP contribution in [0.25, 0.3) is 22.0 Å². The summed E-state index contributed by atoms with van der Waals surface area (Å²) in [5.41, 5.74) is 3.43. The number of aromatic nitrogens is 4. The van der Waals surface area contributed by atoms with Gasteiger partial charge in [-0.15, -0.1) is 32.9 Å². The van der Waals surface area contributed by atoms with Gasteiger partial charge in [0.2, 0.25) is 0 Å².